The van der Waals surface area contributed by atoms with Crippen LogP contribution in [-0.2, 0) is 14.3 Å². The third-order valence-electron chi connectivity index (χ3n) is 2.46. The van der Waals surface area contributed by atoms with Gasteiger partial charge in [-0.15, -0.1) is 11.3 Å². The molecule has 2 N–H and O–H groups in total. The van der Waals surface area contributed by atoms with Gasteiger partial charge in [0.2, 0.25) is 0 Å². The molecule has 0 aromatic carbocycles. The number of nitrogens with two attached hydrogens (primary N) is 1. The van der Waals surface area contributed by atoms with Gasteiger partial charge in [-0.2, -0.15) is 0 Å². The number of carbonyl (C=O) groups excluding carboxylic acids is 2. The van der Waals surface area contributed by atoms with Crippen LogP contribution in [0.5, 0.6) is 0 Å². The van der Waals surface area contributed by atoms with Gasteiger partial charge in [-0.3, -0.25) is 4.79 Å². The van der Waals surface area contributed by atoms with Gasteiger partial charge in [0.1, 0.15) is 11.5 Å². The van der Waals surface area contributed by atoms with E-state index in [0.29, 0.717) is 10.6 Å². The predicted molar refractivity (Wildman–Crippen MR) is 69.5 cm³/mol. The van der Waals surface area contributed by atoms with Crippen molar-refractivity contribution in [1.82, 2.24) is 0 Å². The van der Waals surface area contributed by atoms with Crippen molar-refractivity contribution >= 4 is 29.0 Å². The first-order valence-electron chi connectivity index (χ1n) is 5.39. The average molecular weight is 271 g/mol. The fourth-order valence-corrected chi connectivity index (χ4v) is 2.08. The molecular formula is C12H17NO4S. The Labute approximate surface area is 110 Å². The highest BCUT2D eigenvalue weighted by molar-refractivity contribution is 7.14. The van der Waals surface area contributed by atoms with Crippen molar-refractivity contribution < 1.29 is 19.1 Å². The van der Waals surface area contributed by atoms with E-state index in [2.05, 4.69) is 4.74 Å². The van der Waals surface area contributed by atoms with E-state index >= 15 is 0 Å². The van der Waals surface area contributed by atoms with Gasteiger partial charge in [0.15, 0.2) is 0 Å². The lowest BCUT2D eigenvalue weighted by molar-refractivity contribution is -0.152. The van der Waals surface area contributed by atoms with E-state index in [1.165, 1.54) is 18.4 Å². The number of aryl methyl sites for hydroxylation is 1. The molecule has 0 saturated carbocycles. The van der Waals surface area contributed by atoms with Gasteiger partial charge in [-0.1, -0.05) is 0 Å². The molecular weight excluding hydrogens is 254 g/mol. The van der Waals surface area contributed by atoms with E-state index < -0.39 is 17.4 Å². The molecule has 0 bridgehead atoms. The van der Waals surface area contributed by atoms with Crippen molar-refractivity contribution in [1.29, 1.82) is 0 Å². The summed E-state index contributed by atoms with van der Waals surface area (Å²) in [5.41, 5.74) is 5.37. The van der Waals surface area contributed by atoms with Crippen molar-refractivity contribution in [3.8, 4) is 0 Å². The molecule has 1 rings (SSSR count). The molecule has 6 heteroatoms. The van der Waals surface area contributed by atoms with Gasteiger partial charge in [0.05, 0.1) is 12.5 Å². The Kier molecular flexibility index (Phi) is 4.34. The molecule has 1 heterocycles. The summed E-state index contributed by atoms with van der Waals surface area (Å²) in [5, 5.41) is 0. The summed E-state index contributed by atoms with van der Waals surface area (Å²) in [6, 6.07) is 1.58. The Balaban J connectivity index is 2.64. The highest BCUT2D eigenvalue weighted by Gasteiger charge is 2.31. The standard InChI is InChI=1S/C12H17NO4S/c1-7-8(13)5-9(18-7)10(14)17-6-12(2,3)11(15)16-4/h5H,6,13H2,1-4H3. The molecule has 0 amide bonds. The number of rotatable bonds is 4. The first kappa shape index (κ1) is 14.5. The van der Waals surface area contributed by atoms with Crippen molar-refractivity contribution in [2.24, 2.45) is 5.41 Å². The Morgan fingerprint density at radius 3 is 2.50 bits per heavy atom. The molecule has 18 heavy (non-hydrogen) atoms. The maximum Gasteiger partial charge on any atom is 0.348 e. The van der Waals surface area contributed by atoms with Gasteiger partial charge in [-0.25, -0.2) is 4.79 Å². The molecule has 0 atom stereocenters. The summed E-state index contributed by atoms with van der Waals surface area (Å²) < 4.78 is 9.73. The zero-order chi connectivity index (χ0) is 13.9. The highest BCUT2D eigenvalue weighted by atomic mass is 32.1. The van der Waals surface area contributed by atoms with Crippen LogP contribution < -0.4 is 5.73 Å². The molecule has 100 valence electrons. The minimum atomic E-state index is -0.859. The van der Waals surface area contributed by atoms with Crippen LogP contribution in [0.3, 0.4) is 0 Å². The number of hydrogen-bond donors (Lipinski definition) is 1. The Morgan fingerprint density at radius 1 is 1.44 bits per heavy atom. The van der Waals surface area contributed by atoms with Gasteiger partial charge in [0.25, 0.3) is 0 Å². The molecule has 0 aliphatic carbocycles. The van der Waals surface area contributed by atoms with Crippen LogP contribution in [0, 0.1) is 12.3 Å². The van der Waals surface area contributed by atoms with Crippen molar-refractivity contribution in [3.63, 3.8) is 0 Å². The maximum atomic E-state index is 11.7. The number of carbonyl (C=O) groups is 2. The molecule has 0 spiro atoms. The molecule has 1 aromatic rings. The molecule has 0 saturated heterocycles. The Hall–Kier alpha value is -1.56. The fraction of sp³-hybridized carbons (Fsp3) is 0.500. The van der Waals surface area contributed by atoms with Crippen LogP contribution in [0.4, 0.5) is 5.69 Å². The first-order valence-corrected chi connectivity index (χ1v) is 6.21. The average Bonchev–Trinajstić information content (AvgIpc) is 2.65. The van der Waals surface area contributed by atoms with Gasteiger partial charge in [-0.05, 0) is 26.8 Å². The second-order valence-electron chi connectivity index (χ2n) is 4.57. The molecule has 0 aliphatic rings. The summed E-state index contributed by atoms with van der Waals surface area (Å²) in [6.07, 6.45) is 0. The van der Waals surface area contributed by atoms with Gasteiger partial charge in [0, 0.05) is 10.6 Å². The van der Waals surface area contributed by atoms with Gasteiger partial charge < -0.3 is 15.2 Å². The van der Waals surface area contributed by atoms with E-state index in [4.69, 9.17) is 10.5 Å². The minimum Gasteiger partial charge on any atom is -0.469 e. The Morgan fingerprint density at radius 2 is 2.06 bits per heavy atom. The number of hydrogen-bond acceptors (Lipinski definition) is 6. The van der Waals surface area contributed by atoms with E-state index in [1.54, 1.807) is 19.9 Å². The van der Waals surface area contributed by atoms with Crippen LogP contribution in [0.1, 0.15) is 28.4 Å². The molecule has 0 aliphatic heterocycles. The summed E-state index contributed by atoms with van der Waals surface area (Å²) in [7, 11) is 1.30. The molecule has 5 nitrogen and oxygen atoms in total. The number of anilines is 1. The second kappa shape index (κ2) is 5.39. The predicted octanol–water partition coefficient (Wildman–Crippen LogP) is 1.99. The lowest BCUT2D eigenvalue weighted by Crippen LogP contribution is -2.31. The molecule has 0 fully saturated rings. The van der Waals surface area contributed by atoms with E-state index in [-0.39, 0.29) is 6.61 Å². The zero-order valence-electron chi connectivity index (χ0n) is 10.9. The van der Waals surface area contributed by atoms with E-state index in [0.717, 1.165) is 4.88 Å². The quantitative estimate of drug-likeness (QED) is 0.847. The van der Waals surface area contributed by atoms with Crippen molar-refractivity contribution in [2.75, 3.05) is 19.5 Å². The summed E-state index contributed by atoms with van der Waals surface area (Å²) >= 11 is 1.27. The smallest absolute Gasteiger partial charge is 0.348 e. The number of esters is 2. The lowest BCUT2D eigenvalue weighted by Gasteiger charge is -2.20. The monoisotopic (exact) mass is 271 g/mol. The second-order valence-corrected chi connectivity index (χ2v) is 5.83. The third kappa shape index (κ3) is 3.22. The maximum absolute atomic E-state index is 11.7. The largest absolute Gasteiger partial charge is 0.469 e. The number of ether oxygens (including phenoxy) is 2. The van der Waals surface area contributed by atoms with Crippen molar-refractivity contribution in [3.05, 3.63) is 15.8 Å². The molecule has 0 unspecified atom stereocenters. The molecule has 1 aromatic heterocycles. The number of thiophene rings is 1. The van der Waals surface area contributed by atoms with Crippen LogP contribution in [0.25, 0.3) is 0 Å². The van der Waals surface area contributed by atoms with E-state index in [9.17, 15) is 9.59 Å². The van der Waals surface area contributed by atoms with Crippen molar-refractivity contribution in [2.45, 2.75) is 20.8 Å². The van der Waals surface area contributed by atoms with Crippen LogP contribution in [0.15, 0.2) is 6.07 Å². The SMILES string of the molecule is COC(=O)C(C)(C)COC(=O)c1cc(N)c(C)s1. The number of methoxy groups -OCH3 is 1. The summed E-state index contributed by atoms with van der Waals surface area (Å²) in [6.45, 7) is 5.10. The normalized spacial score (nSPS) is 11.1. The van der Waals surface area contributed by atoms with Crippen LogP contribution in [0.2, 0.25) is 0 Å². The highest BCUT2D eigenvalue weighted by Crippen LogP contribution is 2.25. The summed E-state index contributed by atoms with van der Waals surface area (Å²) in [5.74, 6) is -0.894. The zero-order valence-corrected chi connectivity index (χ0v) is 11.7. The number of nitrogen functional groups attached to an aromatic ring is 1. The van der Waals surface area contributed by atoms with Crippen LogP contribution in [-0.4, -0.2) is 25.7 Å². The fourth-order valence-electron chi connectivity index (χ4n) is 1.25. The minimum absolute atomic E-state index is 0.0324. The Bertz CT molecular complexity index is 445. The summed E-state index contributed by atoms with van der Waals surface area (Å²) in [4.78, 5) is 24.5. The van der Waals surface area contributed by atoms with E-state index in [1.807, 2.05) is 6.92 Å². The lowest BCUT2D eigenvalue weighted by atomic mass is 9.95. The molecule has 0 radical (unpaired) electrons. The third-order valence-corrected chi connectivity index (χ3v) is 3.51. The first-order chi connectivity index (χ1) is 8.27. The van der Waals surface area contributed by atoms with Crippen LogP contribution >= 0.6 is 11.3 Å². The topological polar surface area (TPSA) is 78.6 Å². The van der Waals surface area contributed by atoms with Gasteiger partial charge >= 0.3 is 11.9 Å².